The highest BCUT2D eigenvalue weighted by atomic mass is 35.5. The standard InChI is InChI=1S/C11H14ClN5S/c1-11(2,3)6-4-18-10(16-6)17-9-7(12)8(13)14-5-15-9/h4-5H,1-3H3,(H3,13,14,15,16,17). The number of nitrogen functional groups attached to an aromatic ring is 1. The van der Waals surface area contributed by atoms with Gasteiger partial charge in [-0.25, -0.2) is 15.0 Å². The van der Waals surface area contributed by atoms with Crippen molar-refractivity contribution in [3.63, 3.8) is 0 Å². The van der Waals surface area contributed by atoms with Gasteiger partial charge in [-0.3, -0.25) is 0 Å². The maximum atomic E-state index is 6.00. The van der Waals surface area contributed by atoms with Gasteiger partial charge in [0, 0.05) is 10.8 Å². The topological polar surface area (TPSA) is 76.7 Å². The lowest BCUT2D eigenvalue weighted by atomic mass is 9.93. The van der Waals surface area contributed by atoms with Crippen molar-refractivity contribution in [2.75, 3.05) is 11.1 Å². The molecule has 0 bridgehead atoms. The zero-order valence-corrected chi connectivity index (χ0v) is 11.9. The third-order valence-corrected chi connectivity index (χ3v) is 3.44. The normalized spacial score (nSPS) is 11.6. The Morgan fingerprint density at radius 1 is 1.33 bits per heavy atom. The molecule has 0 aliphatic carbocycles. The quantitative estimate of drug-likeness (QED) is 0.885. The van der Waals surface area contributed by atoms with Crippen molar-refractivity contribution < 1.29 is 0 Å². The number of hydrogen-bond donors (Lipinski definition) is 2. The van der Waals surface area contributed by atoms with E-state index in [-0.39, 0.29) is 11.2 Å². The number of hydrogen-bond acceptors (Lipinski definition) is 6. The zero-order valence-electron chi connectivity index (χ0n) is 10.4. The summed E-state index contributed by atoms with van der Waals surface area (Å²) in [5, 5.41) is 6.11. The number of aromatic nitrogens is 3. The molecule has 0 saturated carbocycles. The van der Waals surface area contributed by atoms with Crippen LogP contribution in [0.4, 0.5) is 16.8 Å². The summed E-state index contributed by atoms with van der Waals surface area (Å²) in [6, 6.07) is 0. The molecule has 0 radical (unpaired) electrons. The van der Waals surface area contributed by atoms with E-state index >= 15 is 0 Å². The highest BCUT2D eigenvalue weighted by molar-refractivity contribution is 7.13. The number of nitrogens with one attached hydrogen (secondary N) is 1. The van der Waals surface area contributed by atoms with E-state index in [2.05, 4.69) is 41.0 Å². The van der Waals surface area contributed by atoms with Crippen LogP contribution in [0, 0.1) is 0 Å². The summed E-state index contributed by atoms with van der Waals surface area (Å²) in [7, 11) is 0. The summed E-state index contributed by atoms with van der Waals surface area (Å²) in [6.45, 7) is 6.34. The van der Waals surface area contributed by atoms with Gasteiger partial charge in [0.15, 0.2) is 10.9 Å². The van der Waals surface area contributed by atoms with E-state index in [0.717, 1.165) is 10.8 Å². The lowest BCUT2D eigenvalue weighted by Crippen LogP contribution is -2.11. The number of rotatable bonds is 2. The molecule has 18 heavy (non-hydrogen) atoms. The molecule has 3 N–H and O–H groups in total. The Bertz CT molecular complexity index is 561. The Morgan fingerprint density at radius 3 is 2.67 bits per heavy atom. The van der Waals surface area contributed by atoms with E-state index in [1.165, 1.54) is 17.7 Å². The average molecular weight is 284 g/mol. The van der Waals surface area contributed by atoms with Gasteiger partial charge in [0.25, 0.3) is 0 Å². The second kappa shape index (κ2) is 4.70. The third-order valence-electron chi connectivity index (χ3n) is 2.31. The van der Waals surface area contributed by atoms with Crippen LogP contribution in [0.2, 0.25) is 5.02 Å². The summed E-state index contributed by atoms with van der Waals surface area (Å²) >= 11 is 7.51. The number of thiazole rings is 1. The number of nitrogens with two attached hydrogens (primary N) is 1. The molecule has 0 fully saturated rings. The van der Waals surface area contributed by atoms with Gasteiger partial charge >= 0.3 is 0 Å². The first kappa shape index (κ1) is 13.0. The minimum absolute atomic E-state index is 0.0188. The van der Waals surface area contributed by atoms with Crippen LogP contribution in [0.5, 0.6) is 0 Å². The summed E-state index contributed by atoms with van der Waals surface area (Å²) in [4.78, 5) is 12.3. The smallest absolute Gasteiger partial charge is 0.188 e. The molecule has 7 heteroatoms. The lowest BCUT2D eigenvalue weighted by molar-refractivity contribution is 0.573. The molecule has 0 aliphatic heterocycles. The third kappa shape index (κ3) is 2.70. The molecule has 0 aromatic carbocycles. The van der Waals surface area contributed by atoms with E-state index in [4.69, 9.17) is 17.3 Å². The van der Waals surface area contributed by atoms with Crippen LogP contribution in [0.25, 0.3) is 0 Å². The molecular weight excluding hydrogens is 270 g/mol. The Labute approximate surface area is 114 Å². The summed E-state index contributed by atoms with van der Waals surface area (Å²) in [6.07, 6.45) is 1.36. The zero-order chi connectivity index (χ0) is 13.3. The van der Waals surface area contributed by atoms with Crippen molar-refractivity contribution in [2.24, 2.45) is 0 Å². The molecular formula is C11H14ClN5S. The fraction of sp³-hybridized carbons (Fsp3) is 0.364. The monoisotopic (exact) mass is 283 g/mol. The molecule has 0 aliphatic rings. The van der Waals surface area contributed by atoms with E-state index in [1.807, 2.05) is 5.38 Å². The Balaban J connectivity index is 2.24. The number of halogens is 1. The summed E-state index contributed by atoms with van der Waals surface area (Å²) < 4.78 is 0. The van der Waals surface area contributed by atoms with Gasteiger partial charge in [-0.05, 0) is 0 Å². The number of nitrogens with zero attached hydrogens (tertiary/aromatic N) is 3. The molecule has 0 spiro atoms. The molecule has 2 rings (SSSR count). The van der Waals surface area contributed by atoms with Gasteiger partial charge in [0.2, 0.25) is 0 Å². The van der Waals surface area contributed by atoms with Gasteiger partial charge in [0.1, 0.15) is 17.2 Å². The molecule has 2 aromatic heterocycles. The first-order valence-corrected chi connectivity index (χ1v) is 6.62. The van der Waals surface area contributed by atoms with Gasteiger partial charge in [-0.15, -0.1) is 11.3 Å². The molecule has 0 unspecified atom stereocenters. The molecule has 2 aromatic rings. The molecule has 2 heterocycles. The molecule has 96 valence electrons. The van der Waals surface area contributed by atoms with Crippen LogP contribution < -0.4 is 11.1 Å². The Kier molecular flexibility index (Phi) is 3.41. The van der Waals surface area contributed by atoms with Crippen molar-refractivity contribution >= 4 is 39.7 Å². The predicted molar refractivity (Wildman–Crippen MR) is 75.6 cm³/mol. The summed E-state index contributed by atoms with van der Waals surface area (Å²) in [5.41, 5.74) is 6.65. The Morgan fingerprint density at radius 2 is 2.06 bits per heavy atom. The fourth-order valence-corrected chi connectivity index (χ4v) is 2.33. The van der Waals surface area contributed by atoms with Crippen LogP contribution in [-0.4, -0.2) is 15.0 Å². The largest absolute Gasteiger partial charge is 0.382 e. The van der Waals surface area contributed by atoms with Crippen LogP contribution >= 0.6 is 22.9 Å². The highest BCUT2D eigenvalue weighted by Crippen LogP contribution is 2.30. The van der Waals surface area contributed by atoms with E-state index in [0.29, 0.717) is 10.8 Å². The fourth-order valence-electron chi connectivity index (χ4n) is 1.25. The molecule has 5 nitrogen and oxygen atoms in total. The SMILES string of the molecule is CC(C)(C)c1csc(Nc2ncnc(N)c2Cl)n1. The second-order valence-corrected chi connectivity index (χ2v) is 6.07. The van der Waals surface area contributed by atoms with Crippen molar-refractivity contribution in [1.29, 1.82) is 0 Å². The van der Waals surface area contributed by atoms with Crippen molar-refractivity contribution in [3.05, 3.63) is 22.4 Å². The van der Waals surface area contributed by atoms with E-state index in [1.54, 1.807) is 0 Å². The van der Waals surface area contributed by atoms with Crippen LogP contribution in [0.1, 0.15) is 26.5 Å². The summed E-state index contributed by atoms with van der Waals surface area (Å²) in [5.74, 6) is 0.723. The molecule has 0 amide bonds. The van der Waals surface area contributed by atoms with E-state index < -0.39 is 0 Å². The van der Waals surface area contributed by atoms with Crippen LogP contribution in [0.3, 0.4) is 0 Å². The maximum Gasteiger partial charge on any atom is 0.188 e. The van der Waals surface area contributed by atoms with E-state index in [9.17, 15) is 0 Å². The van der Waals surface area contributed by atoms with Gasteiger partial charge in [-0.1, -0.05) is 32.4 Å². The first-order chi connectivity index (χ1) is 8.38. The van der Waals surface area contributed by atoms with Gasteiger partial charge < -0.3 is 11.1 Å². The second-order valence-electron chi connectivity index (χ2n) is 4.83. The van der Waals surface area contributed by atoms with Crippen molar-refractivity contribution in [1.82, 2.24) is 15.0 Å². The van der Waals surface area contributed by atoms with Crippen molar-refractivity contribution in [2.45, 2.75) is 26.2 Å². The maximum absolute atomic E-state index is 6.00. The van der Waals surface area contributed by atoms with Gasteiger partial charge in [-0.2, -0.15) is 0 Å². The number of anilines is 3. The predicted octanol–water partition coefficient (Wildman–Crippen LogP) is 3.21. The minimum atomic E-state index is 0.0188. The molecule has 0 saturated heterocycles. The lowest BCUT2D eigenvalue weighted by Gasteiger charge is -2.14. The van der Waals surface area contributed by atoms with Crippen LogP contribution in [-0.2, 0) is 5.41 Å². The Hall–Kier alpha value is -1.40. The first-order valence-electron chi connectivity index (χ1n) is 5.37. The minimum Gasteiger partial charge on any atom is -0.382 e. The highest BCUT2D eigenvalue weighted by Gasteiger charge is 2.18. The van der Waals surface area contributed by atoms with Crippen molar-refractivity contribution in [3.8, 4) is 0 Å². The molecule has 0 atom stereocenters. The van der Waals surface area contributed by atoms with Gasteiger partial charge in [0.05, 0.1) is 5.69 Å². The van der Waals surface area contributed by atoms with Crippen LogP contribution in [0.15, 0.2) is 11.7 Å². The average Bonchev–Trinajstić information content (AvgIpc) is 2.73.